The largest absolute Gasteiger partial charge is 0.294 e. The van der Waals surface area contributed by atoms with E-state index in [0.717, 1.165) is 35.6 Å². The second-order valence-electron chi connectivity index (χ2n) is 5.47. The van der Waals surface area contributed by atoms with Crippen molar-refractivity contribution in [2.75, 3.05) is 11.9 Å². The molecule has 0 spiro atoms. The average molecular weight is 363 g/mol. The fourth-order valence-electron chi connectivity index (χ4n) is 3.08. The molecule has 5 heteroatoms. The van der Waals surface area contributed by atoms with Gasteiger partial charge in [0.1, 0.15) is 0 Å². The van der Waals surface area contributed by atoms with Crippen molar-refractivity contribution in [2.24, 2.45) is 0 Å². The molecule has 1 aromatic heterocycles. The van der Waals surface area contributed by atoms with Crippen LogP contribution in [0.15, 0.2) is 0 Å². The highest BCUT2D eigenvalue weighted by Gasteiger charge is 2.25. The van der Waals surface area contributed by atoms with E-state index in [1.54, 1.807) is 0 Å². The van der Waals surface area contributed by atoms with Gasteiger partial charge in [0.2, 0.25) is 0 Å². The molecule has 0 bridgehead atoms. The van der Waals surface area contributed by atoms with Crippen LogP contribution in [0.3, 0.4) is 0 Å². The monoisotopic (exact) mass is 361 g/mol. The van der Waals surface area contributed by atoms with Gasteiger partial charge in [-0.1, -0.05) is 40.9 Å². The van der Waals surface area contributed by atoms with E-state index in [1.165, 1.54) is 37.9 Å². The maximum Gasteiger partial charge on any atom is 0.0863 e. The first kappa shape index (κ1) is 16.3. The number of halogens is 2. The van der Waals surface area contributed by atoms with Crippen LogP contribution in [0.5, 0.6) is 0 Å². The summed E-state index contributed by atoms with van der Waals surface area (Å²) in [7, 11) is 0. The zero-order valence-electron chi connectivity index (χ0n) is 12.5. The minimum absolute atomic E-state index is 0.685. The lowest BCUT2D eigenvalue weighted by Gasteiger charge is -2.35. The van der Waals surface area contributed by atoms with Crippen molar-refractivity contribution in [1.29, 1.82) is 0 Å². The average Bonchev–Trinajstić information content (AvgIpc) is 2.77. The third-order valence-corrected chi connectivity index (χ3v) is 5.13. The van der Waals surface area contributed by atoms with Crippen molar-refractivity contribution >= 4 is 27.5 Å². The lowest BCUT2D eigenvalue weighted by Crippen LogP contribution is -2.39. The van der Waals surface area contributed by atoms with Crippen LogP contribution in [0.1, 0.15) is 50.9 Å². The zero-order valence-corrected chi connectivity index (χ0v) is 14.9. The third-order valence-electron chi connectivity index (χ3n) is 4.24. The number of aromatic nitrogens is 2. The summed E-state index contributed by atoms with van der Waals surface area (Å²) in [5, 5.41) is 6.60. The molecular weight excluding hydrogens is 338 g/mol. The van der Waals surface area contributed by atoms with Crippen LogP contribution in [0.4, 0.5) is 0 Å². The highest BCUT2D eigenvalue weighted by Crippen LogP contribution is 2.27. The van der Waals surface area contributed by atoms with E-state index in [0.29, 0.717) is 6.04 Å². The second-order valence-corrected chi connectivity index (χ2v) is 6.65. The topological polar surface area (TPSA) is 21.1 Å². The summed E-state index contributed by atoms with van der Waals surface area (Å²) in [6.07, 6.45) is 6.10. The Morgan fingerprint density at radius 2 is 2.15 bits per heavy atom. The van der Waals surface area contributed by atoms with Gasteiger partial charge in [0.15, 0.2) is 0 Å². The Kier molecular flexibility index (Phi) is 6.37. The molecule has 0 aromatic carbocycles. The van der Waals surface area contributed by atoms with Crippen LogP contribution in [0.2, 0.25) is 5.02 Å². The first-order chi connectivity index (χ1) is 9.71. The number of rotatable bonds is 6. The summed E-state index contributed by atoms with van der Waals surface area (Å²) < 4.78 is 2.08. The van der Waals surface area contributed by atoms with Crippen molar-refractivity contribution in [2.45, 2.75) is 65.1 Å². The molecule has 0 aliphatic carbocycles. The smallest absolute Gasteiger partial charge is 0.0863 e. The third kappa shape index (κ3) is 3.58. The molecule has 114 valence electrons. The molecule has 0 saturated carbocycles. The number of alkyl halides is 1. The molecule has 1 atom stereocenters. The Bertz CT molecular complexity index is 431. The molecule has 1 aliphatic heterocycles. The molecule has 0 radical (unpaired) electrons. The van der Waals surface area contributed by atoms with Gasteiger partial charge in [0.25, 0.3) is 0 Å². The predicted octanol–water partition coefficient (Wildman–Crippen LogP) is 4.26. The molecule has 1 unspecified atom stereocenters. The number of aryl methyl sites for hydroxylation is 2. The molecule has 2 rings (SSSR count). The van der Waals surface area contributed by atoms with Crippen LogP contribution in [-0.4, -0.2) is 32.6 Å². The van der Waals surface area contributed by atoms with Gasteiger partial charge < -0.3 is 0 Å². The Morgan fingerprint density at radius 1 is 1.35 bits per heavy atom. The standard InChI is InChI=1S/C15H25BrClN3/c1-3-13-15(17)14(20(4-2)18-13)11-19-10-6-5-7-12(19)8-9-16/h12H,3-11H2,1-2H3. The molecule has 1 aliphatic rings. The molecule has 0 N–H and O–H groups in total. The molecule has 3 nitrogen and oxygen atoms in total. The Hall–Kier alpha value is -0.0600. The number of piperidine rings is 1. The minimum Gasteiger partial charge on any atom is -0.294 e. The van der Waals surface area contributed by atoms with E-state index in [1.807, 2.05) is 0 Å². The van der Waals surface area contributed by atoms with Crippen molar-refractivity contribution in [3.63, 3.8) is 0 Å². The summed E-state index contributed by atoms with van der Waals surface area (Å²) >= 11 is 10.1. The van der Waals surface area contributed by atoms with Crippen LogP contribution in [-0.2, 0) is 19.5 Å². The fourth-order valence-corrected chi connectivity index (χ4v) is 3.94. The second kappa shape index (κ2) is 7.81. The first-order valence-corrected chi connectivity index (χ1v) is 9.25. The van der Waals surface area contributed by atoms with Crippen LogP contribution >= 0.6 is 27.5 Å². The summed E-state index contributed by atoms with van der Waals surface area (Å²) in [5.74, 6) is 0. The van der Waals surface area contributed by atoms with E-state index < -0.39 is 0 Å². The summed E-state index contributed by atoms with van der Waals surface area (Å²) in [4.78, 5) is 2.60. The molecular formula is C15H25BrClN3. The van der Waals surface area contributed by atoms with E-state index >= 15 is 0 Å². The molecule has 2 heterocycles. The quantitative estimate of drug-likeness (QED) is 0.705. The van der Waals surface area contributed by atoms with Gasteiger partial charge in [-0.3, -0.25) is 9.58 Å². The predicted molar refractivity (Wildman–Crippen MR) is 88.7 cm³/mol. The van der Waals surface area contributed by atoms with Crippen molar-refractivity contribution in [1.82, 2.24) is 14.7 Å². The Morgan fingerprint density at radius 3 is 2.80 bits per heavy atom. The lowest BCUT2D eigenvalue weighted by molar-refractivity contribution is 0.133. The number of hydrogen-bond acceptors (Lipinski definition) is 2. The van der Waals surface area contributed by atoms with Gasteiger partial charge in [-0.25, -0.2) is 0 Å². The highest BCUT2D eigenvalue weighted by molar-refractivity contribution is 9.09. The summed E-state index contributed by atoms with van der Waals surface area (Å²) in [5.41, 5.74) is 2.24. The van der Waals surface area contributed by atoms with E-state index in [-0.39, 0.29) is 0 Å². The summed E-state index contributed by atoms with van der Waals surface area (Å²) in [6.45, 7) is 7.28. The van der Waals surface area contributed by atoms with Crippen LogP contribution in [0, 0.1) is 0 Å². The van der Waals surface area contributed by atoms with Crippen LogP contribution in [0.25, 0.3) is 0 Å². The molecule has 20 heavy (non-hydrogen) atoms. The molecule has 0 amide bonds. The van der Waals surface area contributed by atoms with Gasteiger partial charge in [-0.15, -0.1) is 0 Å². The van der Waals surface area contributed by atoms with Crippen molar-refractivity contribution in [3.8, 4) is 0 Å². The van der Waals surface area contributed by atoms with Gasteiger partial charge >= 0.3 is 0 Å². The molecule has 1 aromatic rings. The Labute approximate surface area is 135 Å². The van der Waals surface area contributed by atoms with E-state index in [9.17, 15) is 0 Å². The molecule has 1 saturated heterocycles. The van der Waals surface area contributed by atoms with Crippen molar-refractivity contribution < 1.29 is 0 Å². The molecule has 1 fully saturated rings. The normalized spacial score (nSPS) is 20.5. The summed E-state index contributed by atoms with van der Waals surface area (Å²) in [6, 6.07) is 0.685. The SMILES string of the molecule is CCc1nn(CC)c(CN2CCCCC2CCBr)c1Cl. The van der Waals surface area contributed by atoms with Gasteiger partial charge in [-0.2, -0.15) is 5.10 Å². The number of nitrogens with zero attached hydrogens (tertiary/aromatic N) is 3. The van der Waals surface area contributed by atoms with E-state index in [4.69, 9.17) is 11.6 Å². The highest BCUT2D eigenvalue weighted by atomic mass is 79.9. The van der Waals surface area contributed by atoms with Crippen molar-refractivity contribution in [3.05, 3.63) is 16.4 Å². The fraction of sp³-hybridized carbons (Fsp3) is 0.800. The van der Waals surface area contributed by atoms with Gasteiger partial charge in [-0.05, 0) is 39.2 Å². The van der Waals surface area contributed by atoms with Gasteiger partial charge in [0.05, 0.1) is 16.4 Å². The van der Waals surface area contributed by atoms with E-state index in [2.05, 4.69) is 44.5 Å². The maximum atomic E-state index is 6.53. The number of hydrogen-bond donors (Lipinski definition) is 0. The minimum atomic E-state index is 0.685. The Balaban J connectivity index is 2.17. The first-order valence-electron chi connectivity index (χ1n) is 7.75. The zero-order chi connectivity index (χ0) is 14.5. The maximum absolute atomic E-state index is 6.53. The van der Waals surface area contributed by atoms with Crippen LogP contribution < -0.4 is 0 Å². The van der Waals surface area contributed by atoms with Gasteiger partial charge in [0, 0.05) is 24.5 Å². The lowest BCUT2D eigenvalue weighted by atomic mass is 10.00. The number of likely N-dealkylation sites (tertiary alicyclic amines) is 1.